The van der Waals surface area contributed by atoms with Gasteiger partial charge in [0, 0.05) is 5.69 Å². The Morgan fingerprint density at radius 2 is 2.04 bits per heavy atom. The lowest BCUT2D eigenvalue weighted by molar-refractivity contribution is 0.0600. The molecule has 132 valence electrons. The molecule has 3 rings (SSSR count). The quantitative estimate of drug-likeness (QED) is 0.667. The molecule has 0 bridgehead atoms. The minimum Gasteiger partial charge on any atom is -0.465 e. The van der Waals surface area contributed by atoms with Crippen LogP contribution in [0.1, 0.15) is 20.8 Å². The second-order valence-corrected chi connectivity index (χ2v) is 6.83. The van der Waals surface area contributed by atoms with Gasteiger partial charge in [-0.3, -0.25) is 4.79 Å². The summed E-state index contributed by atoms with van der Waals surface area (Å²) < 4.78 is 5.20. The number of thiophene rings is 1. The van der Waals surface area contributed by atoms with Gasteiger partial charge in [-0.2, -0.15) is 4.98 Å². The molecule has 7 nitrogen and oxygen atoms in total. The van der Waals surface area contributed by atoms with Crippen LogP contribution in [0.4, 0.5) is 5.69 Å². The van der Waals surface area contributed by atoms with Crippen LogP contribution < -0.4 is 11.0 Å². The fourth-order valence-electron chi connectivity index (χ4n) is 2.20. The number of rotatable bonds is 4. The topological polar surface area (TPSA) is 101 Å². The third-order valence-corrected chi connectivity index (χ3v) is 4.62. The average Bonchev–Trinajstić information content (AvgIpc) is 3.07. The summed E-state index contributed by atoms with van der Waals surface area (Å²) in [7, 11) is 1.27. The molecular weight excluding hydrogens is 378 g/mol. The Kier molecular flexibility index (Phi) is 5.15. The van der Waals surface area contributed by atoms with Gasteiger partial charge in [0.05, 0.1) is 27.6 Å². The maximum Gasteiger partial charge on any atom is 0.346 e. The molecule has 1 aromatic carbocycles. The maximum absolute atomic E-state index is 12.4. The highest BCUT2D eigenvalue weighted by Gasteiger charge is 2.14. The van der Waals surface area contributed by atoms with Crippen LogP contribution in [0.5, 0.6) is 0 Å². The van der Waals surface area contributed by atoms with Crippen LogP contribution in [0.3, 0.4) is 0 Å². The number of nitrogens with zero attached hydrogens (tertiary/aromatic N) is 1. The second kappa shape index (κ2) is 7.51. The van der Waals surface area contributed by atoms with Crippen LogP contribution in [-0.4, -0.2) is 29.0 Å². The molecule has 0 saturated heterocycles. The van der Waals surface area contributed by atoms with E-state index in [1.54, 1.807) is 30.3 Å². The molecule has 0 radical (unpaired) electrons. The van der Waals surface area contributed by atoms with Gasteiger partial charge in [0.2, 0.25) is 0 Å². The number of halogens is 1. The van der Waals surface area contributed by atoms with E-state index in [1.165, 1.54) is 30.6 Å². The van der Waals surface area contributed by atoms with E-state index in [0.29, 0.717) is 20.6 Å². The number of aromatic amines is 1. The highest BCUT2D eigenvalue weighted by Crippen LogP contribution is 2.29. The molecule has 0 aliphatic rings. The highest BCUT2D eigenvalue weighted by molar-refractivity contribution is 7.19. The van der Waals surface area contributed by atoms with Gasteiger partial charge >= 0.3 is 11.7 Å². The number of hydrogen-bond donors (Lipinski definition) is 2. The van der Waals surface area contributed by atoms with E-state index < -0.39 is 17.6 Å². The Morgan fingerprint density at radius 1 is 1.23 bits per heavy atom. The number of amides is 1. The molecule has 2 aromatic heterocycles. The van der Waals surface area contributed by atoms with Gasteiger partial charge in [-0.05, 0) is 36.4 Å². The molecule has 2 N–H and O–H groups in total. The minimum atomic E-state index is -0.652. The Morgan fingerprint density at radius 3 is 2.73 bits per heavy atom. The number of nitrogens with one attached hydrogen (secondary N) is 2. The Balaban J connectivity index is 1.88. The minimum absolute atomic E-state index is 0.0586. The summed E-state index contributed by atoms with van der Waals surface area (Å²) in [5.74, 6) is -1.10. The summed E-state index contributed by atoms with van der Waals surface area (Å²) in [5, 5.41) is 2.60. The van der Waals surface area contributed by atoms with E-state index in [4.69, 9.17) is 11.6 Å². The van der Waals surface area contributed by atoms with Gasteiger partial charge in [-0.25, -0.2) is 9.59 Å². The number of benzene rings is 1. The van der Waals surface area contributed by atoms with Gasteiger partial charge in [0.1, 0.15) is 5.69 Å². The zero-order valence-electron chi connectivity index (χ0n) is 13.4. The van der Waals surface area contributed by atoms with Crippen molar-refractivity contribution in [3.05, 3.63) is 68.5 Å². The van der Waals surface area contributed by atoms with Crippen molar-refractivity contribution < 1.29 is 14.3 Å². The van der Waals surface area contributed by atoms with Crippen molar-refractivity contribution in [3.63, 3.8) is 0 Å². The number of aromatic nitrogens is 2. The third kappa shape index (κ3) is 3.98. The Hall–Kier alpha value is -2.97. The fourth-order valence-corrected chi connectivity index (χ4v) is 3.22. The average molecular weight is 390 g/mol. The number of hydrogen-bond acceptors (Lipinski definition) is 6. The van der Waals surface area contributed by atoms with Crippen molar-refractivity contribution in [2.24, 2.45) is 0 Å². The third-order valence-electron chi connectivity index (χ3n) is 3.36. The van der Waals surface area contributed by atoms with Crippen LogP contribution in [0.2, 0.25) is 4.34 Å². The van der Waals surface area contributed by atoms with Crippen molar-refractivity contribution in [1.82, 2.24) is 9.97 Å². The lowest BCUT2D eigenvalue weighted by atomic mass is 10.2. The smallest absolute Gasteiger partial charge is 0.346 e. The lowest BCUT2D eigenvalue weighted by Gasteiger charge is -2.07. The molecule has 1 amide bonds. The van der Waals surface area contributed by atoms with E-state index in [9.17, 15) is 14.4 Å². The van der Waals surface area contributed by atoms with E-state index in [1.807, 2.05) is 0 Å². The van der Waals surface area contributed by atoms with Crippen LogP contribution in [0.15, 0.2) is 47.3 Å². The number of carbonyl (C=O) groups excluding carboxylic acids is 2. The molecule has 0 fully saturated rings. The normalized spacial score (nSPS) is 10.4. The number of esters is 1. The first kappa shape index (κ1) is 17.8. The summed E-state index contributed by atoms with van der Waals surface area (Å²) in [4.78, 5) is 42.8. The summed E-state index contributed by atoms with van der Waals surface area (Å²) in [5.41, 5.74) is 0.395. The standard InChI is InChI=1S/C17H12ClN3O4S/c1-25-16(23)9-3-2-4-10(7-9)19-15(22)12-8-11(20-17(24)21-12)13-5-6-14(18)26-13/h2-8H,1H3,(H,19,22)(H,20,21,24). The molecule has 0 saturated carbocycles. The summed E-state index contributed by atoms with van der Waals surface area (Å²) >= 11 is 7.17. The first-order valence-electron chi connectivity index (χ1n) is 7.33. The van der Waals surface area contributed by atoms with Gasteiger partial charge in [-0.15, -0.1) is 11.3 Å². The van der Waals surface area contributed by atoms with E-state index in [0.717, 1.165) is 0 Å². The molecule has 0 aliphatic carbocycles. The van der Waals surface area contributed by atoms with Crippen molar-refractivity contribution in [3.8, 4) is 10.6 Å². The number of carbonyl (C=O) groups is 2. The summed E-state index contributed by atoms with van der Waals surface area (Å²) in [6.45, 7) is 0. The van der Waals surface area contributed by atoms with Crippen LogP contribution in [0, 0.1) is 0 Å². The largest absolute Gasteiger partial charge is 0.465 e. The van der Waals surface area contributed by atoms with Crippen molar-refractivity contribution in [1.29, 1.82) is 0 Å². The summed E-state index contributed by atoms with van der Waals surface area (Å²) in [6.07, 6.45) is 0. The predicted octanol–water partition coefficient (Wildman–Crippen LogP) is 3.19. The molecule has 0 atom stereocenters. The van der Waals surface area contributed by atoms with Gasteiger partial charge in [0.25, 0.3) is 5.91 Å². The van der Waals surface area contributed by atoms with E-state index in [2.05, 4.69) is 20.0 Å². The monoisotopic (exact) mass is 389 g/mol. The molecule has 26 heavy (non-hydrogen) atoms. The van der Waals surface area contributed by atoms with Crippen LogP contribution in [0.25, 0.3) is 10.6 Å². The molecule has 0 spiro atoms. The molecular formula is C17H12ClN3O4S. The molecule has 0 aliphatic heterocycles. The number of H-pyrrole nitrogens is 1. The van der Waals surface area contributed by atoms with Crippen LogP contribution in [-0.2, 0) is 4.74 Å². The predicted molar refractivity (Wildman–Crippen MR) is 98.9 cm³/mol. The summed E-state index contributed by atoms with van der Waals surface area (Å²) in [6, 6.07) is 11.1. The van der Waals surface area contributed by atoms with Crippen molar-refractivity contribution in [2.45, 2.75) is 0 Å². The van der Waals surface area contributed by atoms with E-state index in [-0.39, 0.29) is 11.3 Å². The van der Waals surface area contributed by atoms with Gasteiger partial charge in [-0.1, -0.05) is 17.7 Å². The van der Waals surface area contributed by atoms with E-state index >= 15 is 0 Å². The van der Waals surface area contributed by atoms with Gasteiger partial charge in [0.15, 0.2) is 0 Å². The second-order valence-electron chi connectivity index (χ2n) is 5.12. The molecule has 3 aromatic rings. The van der Waals surface area contributed by atoms with Crippen molar-refractivity contribution in [2.75, 3.05) is 12.4 Å². The lowest BCUT2D eigenvalue weighted by Crippen LogP contribution is -2.21. The SMILES string of the molecule is COC(=O)c1cccc(NC(=O)c2cc(-c3ccc(Cl)s3)[nH]c(=O)n2)c1. The highest BCUT2D eigenvalue weighted by atomic mass is 35.5. The van der Waals surface area contributed by atoms with Crippen LogP contribution >= 0.6 is 22.9 Å². The molecule has 0 unspecified atom stereocenters. The Labute approximate surface area is 156 Å². The Bertz CT molecular complexity index is 1040. The van der Waals surface area contributed by atoms with Crippen molar-refractivity contribution >= 4 is 40.5 Å². The maximum atomic E-state index is 12.4. The van der Waals surface area contributed by atoms with Gasteiger partial charge < -0.3 is 15.0 Å². The number of ether oxygens (including phenoxy) is 1. The first-order chi connectivity index (χ1) is 12.5. The zero-order valence-corrected chi connectivity index (χ0v) is 15.0. The molecule has 2 heterocycles. The number of anilines is 1. The number of methoxy groups -OCH3 is 1. The molecule has 9 heteroatoms. The first-order valence-corrected chi connectivity index (χ1v) is 8.52. The fraction of sp³-hybridized carbons (Fsp3) is 0.0588. The zero-order chi connectivity index (χ0) is 18.7.